The van der Waals surface area contributed by atoms with Crippen molar-refractivity contribution in [3.63, 3.8) is 0 Å². The first kappa shape index (κ1) is 35.8. The maximum absolute atomic E-state index is 12.9. The van der Waals surface area contributed by atoms with Crippen LogP contribution in [0.2, 0.25) is 0 Å². The minimum absolute atomic E-state index is 0.00612. The molecule has 5 amide bonds. The van der Waals surface area contributed by atoms with Crippen LogP contribution in [0.5, 0.6) is 0 Å². The van der Waals surface area contributed by atoms with Gasteiger partial charge in [-0.3, -0.25) is 24.0 Å². The lowest BCUT2D eigenvalue weighted by molar-refractivity contribution is -0.144. The molecule has 0 aromatic rings. The Kier molecular flexibility index (Phi) is 15.9. The predicted molar refractivity (Wildman–Crippen MR) is 146 cm³/mol. The molecule has 0 fully saturated rings. The molecule has 0 aliphatic heterocycles. The van der Waals surface area contributed by atoms with Crippen LogP contribution in [0, 0.1) is 17.8 Å². The first-order chi connectivity index (χ1) is 18.0. The van der Waals surface area contributed by atoms with Gasteiger partial charge in [0.1, 0.15) is 30.2 Å². The first-order valence-electron chi connectivity index (χ1n) is 13.5. The second-order valence-electron chi connectivity index (χ2n) is 10.8. The molecule has 0 aromatic heterocycles. The van der Waals surface area contributed by atoms with E-state index in [1.807, 2.05) is 34.6 Å². The third kappa shape index (κ3) is 13.4. The Bertz CT molecular complexity index is 864. The zero-order valence-electron chi connectivity index (χ0n) is 24.4. The molecule has 13 nitrogen and oxygen atoms in total. The molecule has 0 aliphatic carbocycles. The van der Waals surface area contributed by atoms with Crippen LogP contribution in [0.15, 0.2) is 0 Å². The molecule has 0 saturated heterocycles. The summed E-state index contributed by atoms with van der Waals surface area (Å²) in [5.74, 6) is -4.38. The summed E-state index contributed by atoms with van der Waals surface area (Å²) in [7, 11) is 0. The van der Waals surface area contributed by atoms with Gasteiger partial charge in [-0.15, -0.1) is 0 Å². The fourth-order valence-corrected chi connectivity index (χ4v) is 3.68. The third-order valence-electron chi connectivity index (χ3n) is 6.17. The molecule has 0 bridgehead atoms. The number of rotatable bonds is 17. The van der Waals surface area contributed by atoms with Crippen LogP contribution in [0.25, 0.3) is 0 Å². The van der Waals surface area contributed by atoms with Crippen LogP contribution >= 0.6 is 0 Å². The van der Waals surface area contributed by atoms with Crippen molar-refractivity contribution >= 4 is 35.5 Å². The van der Waals surface area contributed by atoms with E-state index in [0.717, 1.165) is 0 Å². The average molecular weight is 557 g/mol. The minimum Gasteiger partial charge on any atom is -0.480 e. The van der Waals surface area contributed by atoms with E-state index in [-0.39, 0.29) is 30.7 Å². The number of amides is 5. The van der Waals surface area contributed by atoms with E-state index in [2.05, 4.69) is 26.6 Å². The van der Waals surface area contributed by atoms with Crippen LogP contribution in [-0.2, 0) is 28.8 Å². The number of hydrogen-bond acceptors (Lipinski definition) is 7. The molecule has 0 radical (unpaired) electrons. The monoisotopic (exact) mass is 556 g/mol. The number of carboxylic acids is 1. The smallest absolute Gasteiger partial charge is 0.326 e. The normalized spacial score (nSPS) is 15.8. The van der Waals surface area contributed by atoms with Gasteiger partial charge in [0.15, 0.2) is 0 Å². The molecule has 0 heterocycles. The Morgan fingerprint density at radius 3 is 1.46 bits per heavy atom. The summed E-state index contributed by atoms with van der Waals surface area (Å²) >= 11 is 0. The number of carbonyl (C=O) groups excluding carboxylic acids is 5. The Balaban J connectivity index is 5.29. The Morgan fingerprint density at radius 1 is 0.641 bits per heavy atom. The van der Waals surface area contributed by atoms with Crippen molar-refractivity contribution < 1.29 is 33.9 Å². The molecule has 0 saturated carbocycles. The van der Waals surface area contributed by atoms with E-state index in [1.54, 1.807) is 6.92 Å². The number of hydrogen-bond donors (Lipinski definition) is 7. The zero-order valence-corrected chi connectivity index (χ0v) is 24.4. The number of carbonyl (C=O) groups is 6. The highest BCUT2D eigenvalue weighted by Gasteiger charge is 2.31. The number of nitrogens with two attached hydrogens (primary N) is 1. The summed E-state index contributed by atoms with van der Waals surface area (Å²) in [6.45, 7) is 13.6. The van der Waals surface area contributed by atoms with Crippen LogP contribution in [0.4, 0.5) is 0 Å². The molecular weight excluding hydrogens is 508 g/mol. The molecule has 224 valence electrons. The summed E-state index contributed by atoms with van der Waals surface area (Å²) in [6.07, 6.45) is 1.13. The Labute approximate surface area is 231 Å². The van der Waals surface area contributed by atoms with Gasteiger partial charge in [-0.05, 0) is 44.4 Å². The Hall–Kier alpha value is -3.22. The quantitative estimate of drug-likeness (QED) is 0.125. The number of carboxylic acid groups (broad SMARTS) is 1. The van der Waals surface area contributed by atoms with Gasteiger partial charge < -0.3 is 37.4 Å². The molecule has 0 aliphatic rings. The minimum atomic E-state index is -1.16. The van der Waals surface area contributed by atoms with Crippen molar-refractivity contribution in [2.24, 2.45) is 23.5 Å². The average Bonchev–Trinajstić information content (AvgIpc) is 2.84. The summed E-state index contributed by atoms with van der Waals surface area (Å²) in [5.41, 5.74) is 5.32. The van der Waals surface area contributed by atoms with Crippen LogP contribution in [-0.4, -0.2) is 77.4 Å². The fourth-order valence-electron chi connectivity index (χ4n) is 3.68. The summed E-state index contributed by atoms with van der Waals surface area (Å²) in [5, 5.41) is 22.2. The molecule has 13 heteroatoms. The van der Waals surface area contributed by atoms with E-state index < -0.39 is 65.7 Å². The second-order valence-corrected chi connectivity index (χ2v) is 10.8. The molecule has 0 aromatic carbocycles. The molecule has 8 N–H and O–H groups in total. The van der Waals surface area contributed by atoms with Crippen molar-refractivity contribution in [3.8, 4) is 0 Å². The van der Waals surface area contributed by atoms with Crippen LogP contribution < -0.4 is 32.3 Å². The van der Waals surface area contributed by atoms with Gasteiger partial charge in [0, 0.05) is 0 Å². The highest BCUT2D eigenvalue weighted by molar-refractivity contribution is 5.95. The van der Waals surface area contributed by atoms with E-state index in [9.17, 15) is 33.9 Å². The topological polar surface area (TPSA) is 209 Å². The van der Waals surface area contributed by atoms with Crippen molar-refractivity contribution in [3.05, 3.63) is 0 Å². The van der Waals surface area contributed by atoms with E-state index >= 15 is 0 Å². The van der Waals surface area contributed by atoms with Crippen molar-refractivity contribution in [1.82, 2.24) is 26.6 Å². The molecule has 0 unspecified atom stereocenters. The number of nitrogens with one attached hydrogen (secondary N) is 5. The van der Waals surface area contributed by atoms with E-state index in [4.69, 9.17) is 5.73 Å². The lowest BCUT2D eigenvalue weighted by atomic mass is 9.97. The molecular formula is C26H48N6O7. The summed E-state index contributed by atoms with van der Waals surface area (Å²) in [6, 6.07) is -5.09. The fraction of sp³-hybridized carbons (Fsp3) is 0.769. The van der Waals surface area contributed by atoms with Crippen LogP contribution in [0.1, 0.15) is 74.7 Å². The largest absolute Gasteiger partial charge is 0.480 e. The van der Waals surface area contributed by atoms with Crippen LogP contribution in [0.3, 0.4) is 0 Å². The lowest BCUT2D eigenvalue weighted by Crippen LogP contribution is -2.58. The zero-order chi connectivity index (χ0) is 30.4. The van der Waals surface area contributed by atoms with Gasteiger partial charge in [-0.2, -0.15) is 0 Å². The predicted octanol–water partition coefficient (Wildman–Crippen LogP) is -0.368. The second kappa shape index (κ2) is 17.4. The van der Waals surface area contributed by atoms with Crippen molar-refractivity contribution in [2.75, 3.05) is 6.54 Å². The molecule has 6 atom stereocenters. The molecule has 0 spiro atoms. The first-order valence-corrected chi connectivity index (χ1v) is 13.5. The van der Waals surface area contributed by atoms with Crippen molar-refractivity contribution in [1.29, 1.82) is 0 Å². The summed E-state index contributed by atoms with van der Waals surface area (Å²) in [4.78, 5) is 74.4. The standard InChI is InChI=1S/C26H48N6O7/c1-9-15(6)21(26(38)39)32-25(37)19(11-14(4)5)31-23(35)17(8)28-22(34)16(7)29-24(36)18(10-13(2)3)30-20(33)12-27/h13-19,21H,9-12,27H2,1-8H3,(H,28,34)(H,29,36)(H,30,33)(H,31,35)(H,32,37)(H,38,39)/t15-,16-,17-,18-,19-,21-/m0/s1. The maximum Gasteiger partial charge on any atom is 0.326 e. The molecule has 0 rings (SSSR count). The highest BCUT2D eigenvalue weighted by atomic mass is 16.4. The van der Waals surface area contributed by atoms with Gasteiger partial charge in [0.05, 0.1) is 6.54 Å². The summed E-state index contributed by atoms with van der Waals surface area (Å²) < 4.78 is 0. The van der Waals surface area contributed by atoms with Gasteiger partial charge in [-0.25, -0.2) is 4.79 Å². The van der Waals surface area contributed by atoms with E-state index in [1.165, 1.54) is 13.8 Å². The third-order valence-corrected chi connectivity index (χ3v) is 6.17. The van der Waals surface area contributed by atoms with Gasteiger partial charge in [-0.1, -0.05) is 48.0 Å². The lowest BCUT2D eigenvalue weighted by Gasteiger charge is -2.26. The van der Waals surface area contributed by atoms with E-state index in [0.29, 0.717) is 12.8 Å². The Morgan fingerprint density at radius 2 is 1.05 bits per heavy atom. The van der Waals surface area contributed by atoms with Crippen molar-refractivity contribution in [2.45, 2.75) is 105 Å². The number of aliphatic carboxylic acids is 1. The maximum atomic E-state index is 12.9. The SMILES string of the molecule is CC[C@H](C)[C@H](NC(=O)[C@H](CC(C)C)NC(=O)[C@H](C)NC(=O)[C@H](C)NC(=O)[C@H](CC(C)C)NC(=O)CN)C(=O)O. The van der Waals surface area contributed by atoms with Gasteiger partial charge >= 0.3 is 5.97 Å². The molecule has 39 heavy (non-hydrogen) atoms. The highest BCUT2D eigenvalue weighted by Crippen LogP contribution is 2.11. The van der Waals surface area contributed by atoms with Gasteiger partial charge in [0.25, 0.3) is 0 Å². The van der Waals surface area contributed by atoms with Gasteiger partial charge in [0.2, 0.25) is 29.5 Å².